The number of aryl methyl sites for hydroxylation is 1. The SMILES string of the molecule is Cc1nccc(OC2CCN(C(=O)/C=C/c3ccco3)CC2)n1. The molecule has 0 aliphatic carbocycles. The molecule has 0 unspecified atom stereocenters. The molecule has 0 aromatic carbocycles. The lowest BCUT2D eigenvalue weighted by Gasteiger charge is -2.31. The number of carbonyl (C=O) groups excluding carboxylic acids is 1. The topological polar surface area (TPSA) is 68.5 Å². The van der Waals surface area contributed by atoms with Gasteiger partial charge in [0.2, 0.25) is 11.8 Å². The highest BCUT2D eigenvalue weighted by atomic mass is 16.5. The number of hydrogen-bond acceptors (Lipinski definition) is 5. The predicted molar refractivity (Wildman–Crippen MR) is 84.7 cm³/mol. The van der Waals surface area contributed by atoms with E-state index in [2.05, 4.69) is 9.97 Å². The first-order chi connectivity index (χ1) is 11.2. The number of nitrogens with zero attached hydrogens (tertiary/aromatic N) is 3. The Labute approximate surface area is 134 Å². The van der Waals surface area contributed by atoms with E-state index in [1.165, 1.54) is 0 Å². The lowest BCUT2D eigenvalue weighted by Crippen LogP contribution is -2.41. The van der Waals surface area contributed by atoms with Crippen LogP contribution < -0.4 is 4.74 Å². The van der Waals surface area contributed by atoms with Crippen LogP contribution >= 0.6 is 0 Å². The van der Waals surface area contributed by atoms with Gasteiger partial charge in [-0.1, -0.05) is 0 Å². The maximum atomic E-state index is 12.1. The van der Waals surface area contributed by atoms with Gasteiger partial charge in [-0.05, 0) is 25.1 Å². The van der Waals surface area contributed by atoms with Gasteiger partial charge >= 0.3 is 0 Å². The molecule has 3 heterocycles. The summed E-state index contributed by atoms with van der Waals surface area (Å²) in [5.74, 6) is 1.96. The van der Waals surface area contributed by atoms with Crippen molar-refractivity contribution in [3.63, 3.8) is 0 Å². The second kappa shape index (κ2) is 7.09. The number of ether oxygens (including phenoxy) is 1. The first-order valence-electron chi connectivity index (χ1n) is 7.67. The Morgan fingerprint density at radius 2 is 2.22 bits per heavy atom. The Morgan fingerprint density at radius 3 is 2.91 bits per heavy atom. The van der Waals surface area contributed by atoms with Gasteiger partial charge in [-0.3, -0.25) is 4.79 Å². The summed E-state index contributed by atoms with van der Waals surface area (Å²) in [6, 6.07) is 5.37. The summed E-state index contributed by atoms with van der Waals surface area (Å²) in [4.78, 5) is 22.3. The molecule has 1 aliphatic rings. The quantitative estimate of drug-likeness (QED) is 0.811. The first-order valence-corrected chi connectivity index (χ1v) is 7.67. The molecular formula is C17H19N3O3. The Balaban J connectivity index is 1.49. The molecule has 23 heavy (non-hydrogen) atoms. The van der Waals surface area contributed by atoms with Crippen molar-refractivity contribution in [3.8, 4) is 5.88 Å². The van der Waals surface area contributed by atoms with Crippen LogP contribution in [-0.2, 0) is 4.79 Å². The largest absolute Gasteiger partial charge is 0.474 e. The second-order valence-electron chi connectivity index (χ2n) is 5.43. The highest BCUT2D eigenvalue weighted by molar-refractivity contribution is 5.91. The van der Waals surface area contributed by atoms with Crippen LogP contribution in [0, 0.1) is 6.92 Å². The van der Waals surface area contributed by atoms with Crippen molar-refractivity contribution in [1.82, 2.24) is 14.9 Å². The van der Waals surface area contributed by atoms with Gasteiger partial charge in [-0.2, -0.15) is 4.98 Å². The summed E-state index contributed by atoms with van der Waals surface area (Å²) in [6.45, 7) is 3.19. The van der Waals surface area contributed by atoms with Crippen LogP contribution in [0.2, 0.25) is 0 Å². The molecule has 2 aromatic heterocycles. The molecule has 6 heteroatoms. The predicted octanol–water partition coefficient (Wildman–Crippen LogP) is 2.46. The van der Waals surface area contributed by atoms with Gasteiger partial charge in [-0.15, -0.1) is 0 Å². The van der Waals surface area contributed by atoms with Crippen molar-refractivity contribution in [2.24, 2.45) is 0 Å². The molecule has 1 fully saturated rings. The zero-order chi connectivity index (χ0) is 16.1. The highest BCUT2D eigenvalue weighted by Gasteiger charge is 2.23. The fraction of sp³-hybridized carbons (Fsp3) is 0.353. The van der Waals surface area contributed by atoms with Crippen LogP contribution in [-0.4, -0.2) is 40.0 Å². The summed E-state index contributed by atoms with van der Waals surface area (Å²) in [6.07, 6.45) is 8.19. The van der Waals surface area contributed by atoms with Crippen LogP contribution in [0.3, 0.4) is 0 Å². The lowest BCUT2D eigenvalue weighted by atomic mass is 10.1. The summed E-state index contributed by atoms with van der Waals surface area (Å²) < 4.78 is 11.0. The van der Waals surface area contributed by atoms with Crippen LogP contribution in [0.4, 0.5) is 0 Å². The van der Waals surface area contributed by atoms with Gasteiger partial charge in [0, 0.05) is 44.3 Å². The van der Waals surface area contributed by atoms with Gasteiger partial charge in [0.1, 0.15) is 17.7 Å². The molecule has 1 aliphatic heterocycles. The van der Waals surface area contributed by atoms with Crippen molar-refractivity contribution < 1.29 is 13.9 Å². The van der Waals surface area contributed by atoms with Gasteiger partial charge in [-0.25, -0.2) is 4.98 Å². The van der Waals surface area contributed by atoms with E-state index in [4.69, 9.17) is 9.15 Å². The van der Waals surface area contributed by atoms with Crippen molar-refractivity contribution >= 4 is 12.0 Å². The Hall–Kier alpha value is -2.63. The van der Waals surface area contributed by atoms with E-state index in [1.807, 2.05) is 17.9 Å². The zero-order valence-electron chi connectivity index (χ0n) is 13.0. The van der Waals surface area contributed by atoms with E-state index in [-0.39, 0.29) is 12.0 Å². The monoisotopic (exact) mass is 313 g/mol. The zero-order valence-corrected chi connectivity index (χ0v) is 13.0. The van der Waals surface area contributed by atoms with Gasteiger partial charge in [0.25, 0.3) is 0 Å². The third-order valence-corrected chi connectivity index (χ3v) is 3.72. The van der Waals surface area contributed by atoms with Crippen LogP contribution in [0.15, 0.2) is 41.2 Å². The van der Waals surface area contributed by atoms with Gasteiger partial charge in [0.05, 0.1) is 6.26 Å². The van der Waals surface area contributed by atoms with Crippen LogP contribution in [0.25, 0.3) is 6.08 Å². The number of furan rings is 1. The molecule has 0 atom stereocenters. The van der Waals surface area contributed by atoms with Crippen molar-refractivity contribution in [1.29, 1.82) is 0 Å². The maximum Gasteiger partial charge on any atom is 0.246 e. The molecule has 0 radical (unpaired) electrons. The Bertz CT molecular complexity index is 674. The molecule has 6 nitrogen and oxygen atoms in total. The summed E-state index contributed by atoms with van der Waals surface area (Å²) in [5, 5.41) is 0. The number of rotatable bonds is 4. The third-order valence-electron chi connectivity index (χ3n) is 3.72. The molecule has 0 saturated carbocycles. The molecule has 120 valence electrons. The minimum absolute atomic E-state index is 0.00210. The van der Waals surface area contributed by atoms with E-state index in [1.54, 1.807) is 36.7 Å². The smallest absolute Gasteiger partial charge is 0.246 e. The lowest BCUT2D eigenvalue weighted by molar-refractivity contribution is -0.127. The molecule has 1 saturated heterocycles. The fourth-order valence-corrected chi connectivity index (χ4v) is 2.51. The molecule has 0 N–H and O–H groups in total. The second-order valence-corrected chi connectivity index (χ2v) is 5.43. The summed E-state index contributed by atoms with van der Waals surface area (Å²) >= 11 is 0. The van der Waals surface area contributed by atoms with E-state index < -0.39 is 0 Å². The van der Waals surface area contributed by atoms with Crippen LogP contribution in [0.1, 0.15) is 24.4 Å². The summed E-state index contributed by atoms with van der Waals surface area (Å²) in [7, 11) is 0. The number of aromatic nitrogens is 2. The molecule has 2 aromatic rings. The highest BCUT2D eigenvalue weighted by Crippen LogP contribution is 2.17. The van der Waals surface area contributed by atoms with E-state index >= 15 is 0 Å². The van der Waals surface area contributed by atoms with E-state index in [0.717, 1.165) is 12.8 Å². The molecule has 0 bridgehead atoms. The van der Waals surface area contributed by atoms with E-state index in [9.17, 15) is 4.79 Å². The molecule has 1 amide bonds. The Morgan fingerprint density at radius 1 is 1.39 bits per heavy atom. The number of carbonyl (C=O) groups is 1. The molecule has 3 rings (SSSR count). The minimum atomic E-state index is -0.00210. The normalized spacial score (nSPS) is 16.0. The number of likely N-dealkylation sites (tertiary alicyclic amines) is 1. The first kappa shape index (κ1) is 15.3. The number of hydrogen-bond donors (Lipinski definition) is 0. The van der Waals surface area contributed by atoms with Gasteiger partial charge < -0.3 is 14.1 Å². The van der Waals surface area contributed by atoms with Crippen molar-refractivity contribution in [3.05, 3.63) is 48.3 Å². The van der Waals surface area contributed by atoms with Crippen LogP contribution in [0.5, 0.6) is 5.88 Å². The van der Waals surface area contributed by atoms with Crippen molar-refractivity contribution in [2.45, 2.75) is 25.9 Å². The standard InChI is InChI=1S/C17H19N3O3/c1-13-18-9-6-16(19-13)23-15-7-10-20(11-8-15)17(21)5-4-14-3-2-12-22-14/h2-6,9,12,15H,7-8,10-11H2,1H3/b5-4+. The maximum absolute atomic E-state index is 12.1. The minimum Gasteiger partial charge on any atom is -0.474 e. The molecule has 0 spiro atoms. The Kier molecular flexibility index (Phi) is 4.71. The number of piperidine rings is 1. The third kappa shape index (κ3) is 4.18. The average Bonchev–Trinajstić information content (AvgIpc) is 3.07. The van der Waals surface area contributed by atoms with E-state index in [0.29, 0.717) is 30.6 Å². The average molecular weight is 313 g/mol. The number of amides is 1. The summed E-state index contributed by atoms with van der Waals surface area (Å²) in [5.41, 5.74) is 0. The molecular weight excluding hydrogens is 294 g/mol. The van der Waals surface area contributed by atoms with Crippen molar-refractivity contribution in [2.75, 3.05) is 13.1 Å². The van der Waals surface area contributed by atoms with Gasteiger partial charge in [0.15, 0.2) is 0 Å². The fourth-order valence-electron chi connectivity index (χ4n) is 2.51.